The van der Waals surface area contributed by atoms with E-state index in [1.54, 1.807) is 18.9 Å². The zero-order valence-electron chi connectivity index (χ0n) is 10.2. The normalized spacial score (nSPS) is 10.3. The topological polar surface area (TPSA) is 22.1 Å². The number of hydrogen-bond acceptors (Lipinski definition) is 3. The van der Waals surface area contributed by atoms with Crippen molar-refractivity contribution < 1.29 is 4.74 Å². The van der Waals surface area contributed by atoms with Crippen molar-refractivity contribution >= 4 is 11.8 Å². The number of nitrogens with zero attached hydrogens (tertiary/aromatic N) is 1. The number of hydrogen-bond donors (Lipinski definition) is 0. The van der Waals surface area contributed by atoms with Crippen LogP contribution in [0.4, 0.5) is 0 Å². The summed E-state index contributed by atoms with van der Waals surface area (Å²) in [6, 6.07) is 10.1. The van der Waals surface area contributed by atoms with Crippen LogP contribution in [0.3, 0.4) is 0 Å². The average molecular weight is 245 g/mol. The summed E-state index contributed by atoms with van der Waals surface area (Å²) in [5, 5.41) is 0. The monoisotopic (exact) mass is 245 g/mol. The second-order valence-electron chi connectivity index (χ2n) is 3.77. The van der Waals surface area contributed by atoms with E-state index in [0.717, 1.165) is 17.0 Å². The third-order valence-corrected chi connectivity index (χ3v) is 3.35. The summed E-state index contributed by atoms with van der Waals surface area (Å²) in [6.45, 7) is 2.09. The first-order valence-electron chi connectivity index (χ1n) is 5.39. The number of aryl methyl sites for hydroxylation is 1. The highest BCUT2D eigenvalue weighted by molar-refractivity contribution is 7.98. The summed E-state index contributed by atoms with van der Waals surface area (Å²) >= 11 is 1.71. The van der Waals surface area contributed by atoms with E-state index < -0.39 is 0 Å². The Morgan fingerprint density at radius 2 is 1.88 bits per heavy atom. The molecule has 1 heterocycles. The molecule has 0 atom stereocenters. The number of aromatic nitrogens is 1. The highest BCUT2D eigenvalue weighted by Gasteiger charge is 2.04. The van der Waals surface area contributed by atoms with E-state index in [9.17, 15) is 0 Å². The minimum Gasteiger partial charge on any atom is -0.497 e. The lowest BCUT2D eigenvalue weighted by atomic mass is 10.1. The van der Waals surface area contributed by atoms with Gasteiger partial charge in [-0.3, -0.25) is 4.98 Å². The number of pyridine rings is 1. The summed E-state index contributed by atoms with van der Waals surface area (Å²) in [5.74, 6) is 0.868. The number of methoxy groups -OCH3 is 1. The third kappa shape index (κ3) is 2.61. The van der Waals surface area contributed by atoms with E-state index >= 15 is 0 Å². The molecule has 2 aromatic rings. The Balaban J connectivity index is 2.38. The van der Waals surface area contributed by atoms with Gasteiger partial charge in [0.2, 0.25) is 0 Å². The predicted octanol–water partition coefficient (Wildman–Crippen LogP) is 3.79. The molecule has 0 saturated heterocycles. The lowest BCUT2D eigenvalue weighted by Crippen LogP contribution is -1.89. The quantitative estimate of drug-likeness (QED) is 0.768. The summed E-state index contributed by atoms with van der Waals surface area (Å²) in [5.41, 5.74) is 3.35. The van der Waals surface area contributed by atoms with Gasteiger partial charge in [0.05, 0.1) is 12.8 Å². The minimum absolute atomic E-state index is 0.868. The molecule has 0 bridgehead atoms. The number of ether oxygens (including phenoxy) is 1. The molecule has 0 unspecified atom stereocenters. The molecule has 1 aromatic heterocycles. The molecule has 1 aromatic carbocycles. The van der Waals surface area contributed by atoms with Gasteiger partial charge in [0.15, 0.2) is 0 Å². The molecule has 0 fully saturated rings. The second-order valence-corrected chi connectivity index (χ2v) is 4.65. The van der Waals surface area contributed by atoms with Crippen molar-refractivity contribution in [3.05, 3.63) is 42.1 Å². The van der Waals surface area contributed by atoms with E-state index in [0.29, 0.717) is 0 Å². The van der Waals surface area contributed by atoms with Gasteiger partial charge in [-0.25, -0.2) is 0 Å². The third-order valence-electron chi connectivity index (χ3n) is 2.65. The molecule has 2 nitrogen and oxygen atoms in total. The van der Waals surface area contributed by atoms with Gasteiger partial charge < -0.3 is 4.74 Å². The smallest absolute Gasteiger partial charge is 0.118 e. The predicted molar refractivity (Wildman–Crippen MR) is 72.7 cm³/mol. The van der Waals surface area contributed by atoms with E-state index in [2.05, 4.69) is 24.2 Å². The van der Waals surface area contributed by atoms with Crippen LogP contribution in [-0.4, -0.2) is 18.3 Å². The second kappa shape index (κ2) is 5.23. The van der Waals surface area contributed by atoms with Gasteiger partial charge in [0, 0.05) is 16.7 Å². The van der Waals surface area contributed by atoms with Crippen LogP contribution >= 0.6 is 11.8 Å². The molecule has 0 spiro atoms. The Bertz CT molecular complexity index is 508. The molecule has 0 amide bonds. The fourth-order valence-electron chi connectivity index (χ4n) is 1.71. The van der Waals surface area contributed by atoms with Crippen LogP contribution < -0.4 is 4.74 Å². The highest BCUT2D eigenvalue weighted by Crippen LogP contribution is 2.26. The Morgan fingerprint density at radius 3 is 2.41 bits per heavy atom. The number of thioether (sulfide) groups is 1. The largest absolute Gasteiger partial charge is 0.497 e. The zero-order valence-corrected chi connectivity index (χ0v) is 11.0. The molecular formula is C14H15NOS. The molecule has 0 aliphatic carbocycles. The molecule has 3 heteroatoms. The van der Waals surface area contributed by atoms with Gasteiger partial charge in [-0.1, -0.05) is 0 Å². The van der Waals surface area contributed by atoms with Crippen molar-refractivity contribution in [3.8, 4) is 17.0 Å². The SMILES string of the molecule is COc1ccc(-c2ncc(SC)cc2C)cc1. The fourth-order valence-corrected chi connectivity index (χ4v) is 2.16. The first-order valence-corrected chi connectivity index (χ1v) is 6.62. The molecule has 17 heavy (non-hydrogen) atoms. The Kier molecular flexibility index (Phi) is 3.69. The Labute approximate surface area is 106 Å². The maximum absolute atomic E-state index is 5.15. The van der Waals surface area contributed by atoms with Crippen molar-refractivity contribution in [2.75, 3.05) is 13.4 Å². The maximum atomic E-state index is 5.15. The summed E-state index contributed by atoms with van der Waals surface area (Å²) < 4.78 is 5.15. The van der Waals surface area contributed by atoms with Gasteiger partial charge in [0.1, 0.15) is 5.75 Å². The molecule has 0 aliphatic heterocycles. The van der Waals surface area contributed by atoms with Gasteiger partial charge in [-0.15, -0.1) is 11.8 Å². The number of benzene rings is 1. The van der Waals surface area contributed by atoms with E-state index in [1.165, 1.54) is 10.5 Å². The minimum atomic E-state index is 0.868. The van der Waals surface area contributed by atoms with E-state index in [1.807, 2.05) is 30.5 Å². The van der Waals surface area contributed by atoms with Gasteiger partial charge >= 0.3 is 0 Å². The average Bonchev–Trinajstić information content (AvgIpc) is 2.39. The van der Waals surface area contributed by atoms with Crippen molar-refractivity contribution in [2.45, 2.75) is 11.8 Å². The van der Waals surface area contributed by atoms with Crippen LogP contribution in [0.5, 0.6) is 5.75 Å². The molecule has 2 rings (SSSR count). The molecule has 88 valence electrons. The van der Waals surface area contributed by atoms with E-state index in [4.69, 9.17) is 4.74 Å². The van der Waals surface area contributed by atoms with Crippen LogP contribution in [0.1, 0.15) is 5.56 Å². The van der Waals surface area contributed by atoms with Crippen molar-refractivity contribution in [1.29, 1.82) is 0 Å². The van der Waals surface area contributed by atoms with Gasteiger partial charge in [-0.2, -0.15) is 0 Å². The first kappa shape index (κ1) is 12.0. The zero-order chi connectivity index (χ0) is 12.3. The molecule has 0 N–H and O–H groups in total. The highest BCUT2D eigenvalue weighted by atomic mass is 32.2. The lowest BCUT2D eigenvalue weighted by molar-refractivity contribution is 0.415. The van der Waals surface area contributed by atoms with Crippen molar-refractivity contribution in [1.82, 2.24) is 4.98 Å². The van der Waals surface area contributed by atoms with Crippen LogP contribution in [-0.2, 0) is 0 Å². The Hall–Kier alpha value is -1.48. The van der Waals surface area contributed by atoms with Crippen LogP contribution in [0.2, 0.25) is 0 Å². The molecule has 0 radical (unpaired) electrons. The number of rotatable bonds is 3. The molecular weight excluding hydrogens is 230 g/mol. The first-order chi connectivity index (χ1) is 8.24. The van der Waals surface area contributed by atoms with Gasteiger partial charge in [0.25, 0.3) is 0 Å². The molecule has 0 saturated carbocycles. The standard InChI is InChI=1S/C14H15NOS/c1-10-8-13(17-3)9-15-14(10)11-4-6-12(16-2)7-5-11/h4-9H,1-3H3. The van der Waals surface area contributed by atoms with Crippen LogP contribution in [0.25, 0.3) is 11.3 Å². The van der Waals surface area contributed by atoms with Crippen LogP contribution in [0.15, 0.2) is 41.4 Å². The Morgan fingerprint density at radius 1 is 1.18 bits per heavy atom. The summed E-state index contributed by atoms with van der Waals surface area (Å²) in [7, 11) is 1.67. The molecule has 0 aliphatic rings. The fraction of sp³-hybridized carbons (Fsp3) is 0.214. The van der Waals surface area contributed by atoms with Crippen molar-refractivity contribution in [3.63, 3.8) is 0 Å². The maximum Gasteiger partial charge on any atom is 0.118 e. The van der Waals surface area contributed by atoms with Gasteiger partial charge in [-0.05, 0) is 49.1 Å². The van der Waals surface area contributed by atoms with Crippen LogP contribution in [0, 0.1) is 6.92 Å². The van der Waals surface area contributed by atoms with E-state index in [-0.39, 0.29) is 0 Å². The summed E-state index contributed by atoms with van der Waals surface area (Å²) in [6.07, 6.45) is 3.97. The van der Waals surface area contributed by atoms with Crippen molar-refractivity contribution in [2.24, 2.45) is 0 Å². The summed E-state index contributed by atoms with van der Waals surface area (Å²) in [4.78, 5) is 5.71. The lowest BCUT2D eigenvalue weighted by Gasteiger charge is -2.07.